The predicted octanol–water partition coefficient (Wildman–Crippen LogP) is 5.75. The fourth-order valence-electron chi connectivity index (χ4n) is 3.11. The molecule has 29 heavy (non-hydrogen) atoms. The van der Waals surface area contributed by atoms with E-state index >= 15 is 0 Å². The fraction of sp³-hybridized carbons (Fsp3) is 0.0435. The molecule has 0 bridgehead atoms. The molecular weight excluding hydrogens is 384 g/mol. The van der Waals surface area contributed by atoms with Crippen molar-refractivity contribution in [1.82, 2.24) is 4.98 Å². The van der Waals surface area contributed by atoms with Crippen LogP contribution in [0.25, 0.3) is 11.3 Å². The standard InChI is InChI=1S/C23H16N2O3S/c26-22(15-10-12-17(13-11-15)28-16-6-2-1-3-7-16)25-23-24-21-18-8-4-5-9-19(18)27-14-20(21)29-23/h1-13H,14H2,(H,24,25,26). The normalized spacial score (nSPS) is 11.7. The van der Waals surface area contributed by atoms with Crippen LogP contribution in [0.3, 0.4) is 0 Å². The molecule has 0 aliphatic carbocycles. The van der Waals surface area contributed by atoms with Gasteiger partial charge in [0.15, 0.2) is 5.13 Å². The van der Waals surface area contributed by atoms with Crippen molar-refractivity contribution in [2.75, 3.05) is 5.32 Å². The van der Waals surface area contributed by atoms with E-state index in [0.717, 1.165) is 27.6 Å². The summed E-state index contributed by atoms with van der Waals surface area (Å²) in [6.45, 7) is 0.464. The lowest BCUT2D eigenvalue weighted by molar-refractivity contribution is 0.102. The van der Waals surface area contributed by atoms with E-state index in [4.69, 9.17) is 9.47 Å². The van der Waals surface area contributed by atoms with Gasteiger partial charge in [0.05, 0.1) is 10.6 Å². The highest BCUT2D eigenvalue weighted by molar-refractivity contribution is 7.16. The molecule has 142 valence electrons. The SMILES string of the molecule is O=C(Nc1nc2c(s1)COc1ccccc1-2)c1ccc(Oc2ccccc2)cc1. The van der Waals surface area contributed by atoms with E-state index in [0.29, 0.717) is 23.1 Å². The van der Waals surface area contributed by atoms with Crippen LogP contribution in [0.1, 0.15) is 15.2 Å². The average molecular weight is 400 g/mol. The Hall–Kier alpha value is -3.64. The molecule has 0 atom stereocenters. The maximum absolute atomic E-state index is 12.6. The number of benzene rings is 3. The quantitative estimate of drug-likeness (QED) is 0.474. The Morgan fingerprint density at radius 3 is 2.48 bits per heavy atom. The third-order valence-corrected chi connectivity index (χ3v) is 5.46. The van der Waals surface area contributed by atoms with Crippen molar-refractivity contribution in [2.24, 2.45) is 0 Å². The summed E-state index contributed by atoms with van der Waals surface area (Å²) >= 11 is 1.43. The van der Waals surface area contributed by atoms with Crippen LogP contribution in [0.5, 0.6) is 17.2 Å². The van der Waals surface area contributed by atoms with Crippen molar-refractivity contribution in [3.8, 4) is 28.5 Å². The molecule has 3 aromatic carbocycles. The average Bonchev–Trinajstić information content (AvgIpc) is 3.18. The van der Waals surface area contributed by atoms with Crippen molar-refractivity contribution >= 4 is 22.4 Å². The molecule has 0 unspecified atom stereocenters. The van der Waals surface area contributed by atoms with E-state index in [9.17, 15) is 4.79 Å². The Morgan fingerprint density at radius 1 is 0.931 bits per heavy atom. The Labute approximate surface area is 171 Å². The number of hydrogen-bond donors (Lipinski definition) is 1. The maximum atomic E-state index is 12.6. The molecule has 1 aliphatic heterocycles. The molecule has 0 fully saturated rings. The number of anilines is 1. The minimum atomic E-state index is -0.212. The Balaban J connectivity index is 1.31. The van der Waals surface area contributed by atoms with E-state index in [-0.39, 0.29) is 5.91 Å². The van der Waals surface area contributed by atoms with Crippen LogP contribution in [0.15, 0.2) is 78.9 Å². The number of carbonyl (C=O) groups is 1. The zero-order chi connectivity index (χ0) is 19.6. The molecule has 0 spiro atoms. The number of fused-ring (bicyclic) bond motifs is 3. The summed E-state index contributed by atoms with van der Waals surface area (Å²) < 4.78 is 11.5. The molecule has 0 saturated carbocycles. The van der Waals surface area contributed by atoms with Crippen molar-refractivity contribution in [2.45, 2.75) is 6.61 Å². The predicted molar refractivity (Wildman–Crippen MR) is 113 cm³/mol. The number of carbonyl (C=O) groups excluding carboxylic acids is 1. The van der Waals surface area contributed by atoms with Gasteiger partial charge in [-0.25, -0.2) is 4.98 Å². The topological polar surface area (TPSA) is 60.5 Å². The summed E-state index contributed by atoms with van der Waals surface area (Å²) in [5, 5.41) is 3.45. The van der Waals surface area contributed by atoms with Gasteiger partial charge in [0.25, 0.3) is 5.91 Å². The molecule has 1 amide bonds. The first-order valence-corrected chi connectivity index (χ1v) is 9.94. The van der Waals surface area contributed by atoms with Gasteiger partial charge in [-0.1, -0.05) is 41.7 Å². The first kappa shape index (κ1) is 17.5. The number of nitrogens with one attached hydrogen (secondary N) is 1. The second-order valence-electron chi connectivity index (χ2n) is 6.47. The number of thiazole rings is 1. The summed E-state index contributed by atoms with van der Waals surface area (Å²) in [6, 6.07) is 24.3. The van der Waals surface area contributed by atoms with Crippen LogP contribution in [0, 0.1) is 0 Å². The fourth-order valence-corrected chi connectivity index (χ4v) is 4.00. The number of para-hydroxylation sites is 2. The lowest BCUT2D eigenvalue weighted by Gasteiger charge is -2.15. The number of nitrogens with zero attached hydrogens (tertiary/aromatic N) is 1. The summed E-state index contributed by atoms with van der Waals surface area (Å²) in [5.74, 6) is 2.03. The van der Waals surface area contributed by atoms with Gasteiger partial charge in [-0.15, -0.1) is 0 Å². The third kappa shape index (κ3) is 3.58. The highest BCUT2D eigenvalue weighted by atomic mass is 32.1. The molecule has 1 aromatic heterocycles. The molecule has 5 rings (SSSR count). The molecule has 6 heteroatoms. The van der Waals surface area contributed by atoms with Gasteiger partial charge in [0.2, 0.25) is 0 Å². The maximum Gasteiger partial charge on any atom is 0.257 e. The molecular formula is C23H16N2O3S. The number of aromatic nitrogens is 1. The summed E-state index contributed by atoms with van der Waals surface area (Å²) in [6.07, 6.45) is 0. The van der Waals surface area contributed by atoms with E-state index in [1.54, 1.807) is 24.3 Å². The zero-order valence-corrected chi connectivity index (χ0v) is 16.1. The second-order valence-corrected chi connectivity index (χ2v) is 7.55. The van der Waals surface area contributed by atoms with Crippen molar-refractivity contribution in [3.63, 3.8) is 0 Å². The van der Waals surface area contributed by atoms with Gasteiger partial charge in [-0.3, -0.25) is 10.1 Å². The van der Waals surface area contributed by atoms with Crippen LogP contribution >= 0.6 is 11.3 Å². The monoisotopic (exact) mass is 400 g/mol. The summed E-state index contributed by atoms with van der Waals surface area (Å²) in [7, 11) is 0. The molecule has 1 N–H and O–H groups in total. The Bertz CT molecular complexity index is 1170. The van der Waals surface area contributed by atoms with Crippen LogP contribution in [-0.2, 0) is 6.61 Å². The van der Waals surface area contributed by atoms with Crippen molar-refractivity contribution in [3.05, 3.63) is 89.3 Å². The van der Waals surface area contributed by atoms with Crippen LogP contribution in [-0.4, -0.2) is 10.9 Å². The molecule has 0 saturated heterocycles. The van der Waals surface area contributed by atoms with Gasteiger partial charge in [-0.2, -0.15) is 0 Å². The second kappa shape index (κ2) is 7.41. The first-order valence-electron chi connectivity index (χ1n) is 9.12. The lowest BCUT2D eigenvalue weighted by Crippen LogP contribution is -2.11. The van der Waals surface area contributed by atoms with Crippen LogP contribution in [0.2, 0.25) is 0 Å². The summed E-state index contributed by atoms with van der Waals surface area (Å²) in [5.41, 5.74) is 2.36. The minimum Gasteiger partial charge on any atom is -0.487 e. The van der Waals surface area contributed by atoms with E-state index in [1.807, 2.05) is 54.6 Å². The minimum absolute atomic E-state index is 0.212. The van der Waals surface area contributed by atoms with Gasteiger partial charge in [0.1, 0.15) is 23.9 Å². The molecule has 2 heterocycles. The smallest absolute Gasteiger partial charge is 0.257 e. The highest BCUT2D eigenvalue weighted by Gasteiger charge is 2.22. The molecule has 0 radical (unpaired) electrons. The number of hydrogen-bond acceptors (Lipinski definition) is 5. The lowest BCUT2D eigenvalue weighted by atomic mass is 10.1. The van der Waals surface area contributed by atoms with Crippen LogP contribution in [0.4, 0.5) is 5.13 Å². The van der Waals surface area contributed by atoms with Gasteiger partial charge >= 0.3 is 0 Å². The van der Waals surface area contributed by atoms with E-state index < -0.39 is 0 Å². The van der Waals surface area contributed by atoms with Crippen LogP contribution < -0.4 is 14.8 Å². The largest absolute Gasteiger partial charge is 0.487 e. The van der Waals surface area contributed by atoms with Gasteiger partial charge in [0, 0.05) is 11.1 Å². The van der Waals surface area contributed by atoms with Gasteiger partial charge < -0.3 is 9.47 Å². The molecule has 5 nitrogen and oxygen atoms in total. The zero-order valence-electron chi connectivity index (χ0n) is 15.3. The van der Waals surface area contributed by atoms with E-state index in [2.05, 4.69) is 10.3 Å². The Morgan fingerprint density at radius 2 is 1.66 bits per heavy atom. The highest BCUT2D eigenvalue weighted by Crippen LogP contribution is 2.40. The number of ether oxygens (including phenoxy) is 2. The number of rotatable bonds is 4. The van der Waals surface area contributed by atoms with Crippen molar-refractivity contribution in [1.29, 1.82) is 0 Å². The first-order chi connectivity index (χ1) is 14.3. The molecule has 1 aliphatic rings. The molecule has 4 aromatic rings. The number of amides is 1. The van der Waals surface area contributed by atoms with Gasteiger partial charge in [-0.05, 0) is 48.5 Å². The van der Waals surface area contributed by atoms with E-state index in [1.165, 1.54) is 11.3 Å². The Kier molecular flexibility index (Phi) is 4.46. The van der Waals surface area contributed by atoms with Crippen molar-refractivity contribution < 1.29 is 14.3 Å². The summed E-state index contributed by atoms with van der Waals surface area (Å²) in [4.78, 5) is 18.2. The third-order valence-electron chi connectivity index (χ3n) is 4.51.